The molecule has 1 N–H and O–H groups in total. The zero-order valence-corrected chi connectivity index (χ0v) is 14.3. The van der Waals surface area contributed by atoms with Crippen LogP contribution < -0.4 is 10.2 Å². The average Bonchev–Trinajstić information content (AvgIpc) is 3.04. The van der Waals surface area contributed by atoms with Crippen LogP contribution in [-0.4, -0.2) is 46.7 Å². The van der Waals surface area contributed by atoms with Crippen LogP contribution in [0.2, 0.25) is 5.15 Å². The highest BCUT2D eigenvalue weighted by molar-refractivity contribution is 6.29. The zero-order valence-electron chi connectivity index (χ0n) is 13.6. The van der Waals surface area contributed by atoms with E-state index in [0.29, 0.717) is 23.7 Å². The van der Waals surface area contributed by atoms with Gasteiger partial charge in [-0.05, 0) is 19.4 Å². The molecular weight excluding hydrogens is 349 g/mol. The maximum atomic E-state index is 12.9. The molecule has 3 heterocycles. The first-order chi connectivity index (χ1) is 12.1. The van der Waals surface area contributed by atoms with Gasteiger partial charge in [0.05, 0.1) is 24.7 Å². The van der Waals surface area contributed by atoms with Gasteiger partial charge in [-0.1, -0.05) is 11.6 Å². The Morgan fingerprint density at radius 1 is 1.40 bits per heavy atom. The minimum absolute atomic E-state index is 0.0558. The third-order valence-corrected chi connectivity index (χ3v) is 4.01. The standard InChI is InChI=1S/C16H17ClFN5O2/c1-2-25-15(24)12-8-19-14(17)5-13(12)22-11-3-4-23(9-11)16-20-6-10(18)7-21-16/h5-8,11H,2-4,9H2,1H3,(H,19,22)/t11-/m0/s1. The number of aromatic nitrogens is 3. The number of carbonyl (C=O) groups excluding carboxylic acids is 1. The number of halogens is 2. The molecule has 0 unspecified atom stereocenters. The SMILES string of the molecule is CCOC(=O)c1cnc(Cl)cc1N[C@H]1CCN(c2ncc(F)cn2)C1. The number of anilines is 2. The third-order valence-electron chi connectivity index (χ3n) is 3.80. The fourth-order valence-corrected chi connectivity index (χ4v) is 2.83. The van der Waals surface area contributed by atoms with Gasteiger partial charge >= 0.3 is 5.97 Å². The summed E-state index contributed by atoms with van der Waals surface area (Å²) >= 11 is 5.95. The van der Waals surface area contributed by atoms with E-state index in [2.05, 4.69) is 20.3 Å². The lowest BCUT2D eigenvalue weighted by atomic mass is 10.2. The van der Waals surface area contributed by atoms with Crippen LogP contribution in [0.1, 0.15) is 23.7 Å². The molecule has 132 valence electrons. The van der Waals surface area contributed by atoms with Crippen LogP contribution in [0.25, 0.3) is 0 Å². The summed E-state index contributed by atoms with van der Waals surface area (Å²) in [6, 6.07) is 1.66. The Labute approximate surface area is 149 Å². The second-order valence-corrected chi connectivity index (χ2v) is 5.94. The number of nitrogens with zero attached hydrogens (tertiary/aromatic N) is 4. The van der Waals surface area contributed by atoms with Crippen molar-refractivity contribution in [2.75, 3.05) is 29.9 Å². The topological polar surface area (TPSA) is 80.2 Å². The van der Waals surface area contributed by atoms with Crippen LogP contribution in [-0.2, 0) is 4.74 Å². The lowest BCUT2D eigenvalue weighted by Crippen LogP contribution is -2.28. The van der Waals surface area contributed by atoms with E-state index >= 15 is 0 Å². The minimum Gasteiger partial charge on any atom is -0.462 e. The molecule has 0 aliphatic carbocycles. The van der Waals surface area contributed by atoms with Crippen molar-refractivity contribution in [3.63, 3.8) is 0 Å². The van der Waals surface area contributed by atoms with E-state index in [1.54, 1.807) is 13.0 Å². The molecular formula is C16H17ClFN5O2. The number of esters is 1. The Kier molecular flexibility index (Phi) is 5.28. The van der Waals surface area contributed by atoms with Crippen LogP contribution in [0.15, 0.2) is 24.7 Å². The van der Waals surface area contributed by atoms with Gasteiger partial charge in [-0.15, -0.1) is 0 Å². The highest BCUT2D eigenvalue weighted by atomic mass is 35.5. The normalized spacial score (nSPS) is 16.8. The second-order valence-electron chi connectivity index (χ2n) is 5.55. The number of nitrogens with one attached hydrogen (secondary N) is 1. The number of carbonyl (C=O) groups is 1. The number of ether oxygens (including phenoxy) is 1. The third kappa shape index (κ3) is 4.14. The van der Waals surface area contributed by atoms with Gasteiger partial charge in [0.25, 0.3) is 0 Å². The van der Waals surface area contributed by atoms with E-state index in [9.17, 15) is 9.18 Å². The monoisotopic (exact) mass is 365 g/mol. The van der Waals surface area contributed by atoms with Gasteiger partial charge < -0.3 is 15.0 Å². The zero-order chi connectivity index (χ0) is 17.8. The van der Waals surface area contributed by atoms with E-state index in [1.807, 2.05) is 4.90 Å². The van der Waals surface area contributed by atoms with Gasteiger partial charge in [0, 0.05) is 25.3 Å². The molecule has 25 heavy (non-hydrogen) atoms. The van der Waals surface area contributed by atoms with Crippen molar-refractivity contribution < 1.29 is 13.9 Å². The van der Waals surface area contributed by atoms with Crippen molar-refractivity contribution in [1.82, 2.24) is 15.0 Å². The average molecular weight is 366 g/mol. The van der Waals surface area contributed by atoms with E-state index in [0.717, 1.165) is 25.4 Å². The molecule has 1 saturated heterocycles. The number of rotatable bonds is 5. The first-order valence-electron chi connectivity index (χ1n) is 7.88. The predicted octanol–water partition coefficient (Wildman–Crippen LogP) is 2.53. The predicted molar refractivity (Wildman–Crippen MR) is 91.4 cm³/mol. The van der Waals surface area contributed by atoms with Crippen LogP contribution in [0, 0.1) is 5.82 Å². The van der Waals surface area contributed by atoms with Gasteiger partial charge in [-0.25, -0.2) is 24.1 Å². The molecule has 3 rings (SSSR count). The minimum atomic E-state index is -0.469. The van der Waals surface area contributed by atoms with Crippen LogP contribution in [0.3, 0.4) is 0 Å². The second kappa shape index (κ2) is 7.60. The molecule has 1 aliphatic rings. The molecule has 2 aromatic rings. The molecule has 1 aliphatic heterocycles. The fraction of sp³-hybridized carbons (Fsp3) is 0.375. The number of pyridine rings is 1. The molecule has 1 fully saturated rings. The summed E-state index contributed by atoms with van der Waals surface area (Å²) in [5.41, 5.74) is 0.910. The van der Waals surface area contributed by atoms with Crippen molar-refractivity contribution in [1.29, 1.82) is 0 Å². The van der Waals surface area contributed by atoms with E-state index < -0.39 is 11.8 Å². The van der Waals surface area contributed by atoms with Crippen molar-refractivity contribution in [2.45, 2.75) is 19.4 Å². The summed E-state index contributed by atoms with van der Waals surface area (Å²) in [5, 5.41) is 3.59. The maximum absolute atomic E-state index is 12.9. The van der Waals surface area contributed by atoms with Gasteiger partial charge in [0.2, 0.25) is 5.95 Å². The molecule has 0 aromatic carbocycles. The lowest BCUT2D eigenvalue weighted by Gasteiger charge is -2.18. The first kappa shape index (κ1) is 17.3. The smallest absolute Gasteiger partial charge is 0.341 e. The summed E-state index contributed by atoms with van der Waals surface area (Å²) < 4.78 is 18.0. The molecule has 2 aromatic heterocycles. The Balaban J connectivity index is 1.72. The highest BCUT2D eigenvalue weighted by Gasteiger charge is 2.26. The van der Waals surface area contributed by atoms with Crippen LogP contribution in [0.5, 0.6) is 0 Å². The van der Waals surface area contributed by atoms with E-state index in [4.69, 9.17) is 16.3 Å². The Hall–Kier alpha value is -2.48. The van der Waals surface area contributed by atoms with E-state index in [1.165, 1.54) is 6.20 Å². The van der Waals surface area contributed by atoms with Gasteiger partial charge in [-0.2, -0.15) is 0 Å². The highest BCUT2D eigenvalue weighted by Crippen LogP contribution is 2.24. The molecule has 0 saturated carbocycles. The largest absolute Gasteiger partial charge is 0.462 e. The van der Waals surface area contributed by atoms with Gasteiger partial charge in [-0.3, -0.25) is 0 Å². The molecule has 0 spiro atoms. The quantitative estimate of drug-likeness (QED) is 0.644. The Bertz CT molecular complexity index is 759. The summed E-state index contributed by atoms with van der Waals surface area (Å²) in [6.07, 6.45) is 4.50. The number of hydrogen-bond acceptors (Lipinski definition) is 7. The molecule has 7 nitrogen and oxygen atoms in total. The van der Waals surface area contributed by atoms with Crippen molar-refractivity contribution in [3.05, 3.63) is 41.2 Å². The van der Waals surface area contributed by atoms with Gasteiger partial charge in [0.1, 0.15) is 10.7 Å². The summed E-state index contributed by atoms with van der Waals surface area (Å²) in [4.78, 5) is 25.9. The number of hydrogen-bond donors (Lipinski definition) is 1. The maximum Gasteiger partial charge on any atom is 0.341 e. The summed E-state index contributed by atoms with van der Waals surface area (Å²) in [7, 11) is 0. The van der Waals surface area contributed by atoms with Gasteiger partial charge in [0.15, 0.2) is 5.82 Å². The first-order valence-corrected chi connectivity index (χ1v) is 8.26. The fourth-order valence-electron chi connectivity index (χ4n) is 2.67. The molecule has 1 atom stereocenters. The van der Waals surface area contributed by atoms with Crippen LogP contribution in [0.4, 0.5) is 16.0 Å². The molecule has 0 bridgehead atoms. The van der Waals surface area contributed by atoms with Crippen molar-refractivity contribution >= 4 is 29.2 Å². The molecule has 9 heteroatoms. The summed E-state index contributed by atoms with van der Waals surface area (Å²) in [6.45, 7) is 3.36. The van der Waals surface area contributed by atoms with Crippen molar-refractivity contribution in [3.8, 4) is 0 Å². The Morgan fingerprint density at radius 3 is 2.88 bits per heavy atom. The van der Waals surface area contributed by atoms with Crippen molar-refractivity contribution in [2.24, 2.45) is 0 Å². The molecule has 0 amide bonds. The Morgan fingerprint density at radius 2 is 2.16 bits per heavy atom. The lowest BCUT2D eigenvalue weighted by molar-refractivity contribution is 0.0527. The molecule has 0 radical (unpaired) electrons. The van der Waals surface area contributed by atoms with E-state index in [-0.39, 0.29) is 17.8 Å². The van der Waals surface area contributed by atoms with Crippen LogP contribution >= 0.6 is 11.6 Å². The summed E-state index contributed by atoms with van der Waals surface area (Å²) in [5.74, 6) is -0.446.